The van der Waals surface area contributed by atoms with Gasteiger partial charge in [0.1, 0.15) is 11.9 Å². The molecule has 0 saturated carbocycles. The molecule has 4 atom stereocenters. The number of fused-ring (bicyclic) bond motifs is 5. The molecule has 0 saturated heterocycles. The van der Waals surface area contributed by atoms with Gasteiger partial charge in [0.25, 0.3) is 0 Å². The second kappa shape index (κ2) is 16.5. The third-order valence-electron chi connectivity index (χ3n) is 14.2. The summed E-state index contributed by atoms with van der Waals surface area (Å²) in [6, 6.07) is 71.8. The van der Waals surface area contributed by atoms with Crippen LogP contribution in [0.15, 0.2) is 254 Å². The van der Waals surface area contributed by atoms with Gasteiger partial charge in [-0.05, 0) is 99.5 Å². The number of hydrogen-bond donors (Lipinski definition) is 0. The summed E-state index contributed by atoms with van der Waals surface area (Å²) in [5.41, 5.74) is 15.3. The molecular weight excluding hydrogens is 787 g/mol. The number of allylic oxidation sites excluding steroid dienone is 7. The lowest BCUT2D eigenvalue weighted by atomic mass is 9.56. The quantitative estimate of drug-likeness (QED) is 0.151. The molecule has 65 heavy (non-hydrogen) atoms. The first-order chi connectivity index (χ1) is 32.3. The molecule has 312 valence electrons. The summed E-state index contributed by atoms with van der Waals surface area (Å²) in [7, 11) is 0. The van der Waals surface area contributed by atoms with Crippen LogP contribution in [0, 0.1) is 5.92 Å². The molecule has 0 fully saturated rings. The van der Waals surface area contributed by atoms with E-state index < -0.39 is 5.41 Å². The van der Waals surface area contributed by atoms with E-state index in [1.165, 1.54) is 66.7 Å². The van der Waals surface area contributed by atoms with Crippen molar-refractivity contribution < 1.29 is 4.74 Å². The SMILES string of the molecule is C1=CCC(c2ccc(-c3ccccc3)cc2N(c2ccccc2)c2ccccc2-c2cccc(C3(c4ccccc4)c4ccc5ccccc5c4OC4C5=C(C=CC43)CCC=C5)c2)C=C1. The van der Waals surface area contributed by atoms with Gasteiger partial charge in [0.05, 0.1) is 16.8 Å². The Balaban J connectivity index is 1.10. The van der Waals surface area contributed by atoms with E-state index in [1.807, 2.05) is 0 Å². The highest BCUT2D eigenvalue weighted by molar-refractivity contribution is 5.93. The van der Waals surface area contributed by atoms with E-state index >= 15 is 0 Å². The molecule has 8 aromatic carbocycles. The molecule has 0 aromatic heterocycles. The van der Waals surface area contributed by atoms with E-state index in [1.54, 1.807) is 0 Å². The number of hydrogen-bond acceptors (Lipinski definition) is 2. The monoisotopic (exact) mass is 835 g/mol. The Morgan fingerprint density at radius 1 is 0.538 bits per heavy atom. The van der Waals surface area contributed by atoms with Crippen molar-refractivity contribution in [2.24, 2.45) is 5.92 Å². The third kappa shape index (κ3) is 6.63. The first kappa shape index (κ1) is 39.0. The summed E-state index contributed by atoms with van der Waals surface area (Å²) in [6.07, 6.45) is 21.4. The van der Waals surface area contributed by atoms with Gasteiger partial charge < -0.3 is 9.64 Å². The Hall–Kier alpha value is -7.68. The van der Waals surface area contributed by atoms with E-state index in [4.69, 9.17) is 4.74 Å². The zero-order valence-corrected chi connectivity index (χ0v) is 36.3. The van der Waals surface area contributed by atoms with E-state index in [2.05, 4.69) is 248 Å². The molecule has 2 nitrogen and oxygen atoms in total. The summed E-state index contributed by atoms with van der Waals surface area (Å²) < 4.78 is 7.41. The molecule has 8 aromatic rings. The van der Waals surface area contributed by atoms with Crippen LogP contribution in [0.2, 0.25) is 0 Å². The van der Waals surface area contributed by atoms with Gasteiger partial charge >= 0.3 is 0 Å². The molecule has 1 aliphatic heterocycles. The molecule has 0 N–H and O–H groups in total. The van der Waals surface area contributed by atoms with Gasteiger partial charge in [-0.25, -0.2) is 0 Å². The molecule has 0 radical (unpaired) electrons. The maximum absolute atomic E-state index is 7.41. The number of anilines is 3. The van der Waals surface area contributed by atoms with Crippen LogP contribution in [0.5, 0.6) is 5.75 Å². The zero-order valence-electron chi connectivity index (χ0n) is 36.3. The van der Waals surface area contributed by atoms with Crippen molar-refractivity contribution in [2.45, 2.75) is 36.7 Å². The predicted octanol–water partition coefficient (Wildman–Crippen LogP) is 16.2. The summed E-state index contributed by atoms with van der Waals surface area (Å²) in [5.74, 6) is 1.21. The first-order valence-electron chi connectivity index (χ1n) is 23.2. The third-order valence-corrected chi connectivity index (χ3v) is 14.2. The highest BCUT2D eigenvalue weighted by Gasteiger charge is 2.54. The fourth-order valence-electron chi connectivity index (χ4n) is 11.2. The minimum atomic E-state index is -0.577. The second-order valence-electron chi connectivity index (χ2n) is 17.7. The molecule has 3 aliphatic carbocycles. The van der Waals surface area contributed by atoms with Crippen LogP contribution in [0.4, 0.5) is 17.1 Å². The summed E-state index contributed by atoms with van der Waals surface area (Å²) in [5, 5.41) is 2.34. The largest absolute Gasteiger partial charge is 0.484 e. The lowest BCUT2D eigenvalue weighted by Gasteiger charge is -2.51. The standard InChI is InChI=1S/C63H49NO/c1-5-20-44(21-6-1)48-36-39-54(45-22-7-2-8-23-45)60(43-48)64(52-30-11-4-12-31-52)59-35-18-17-32-53(59)49-26-19-29-51(42-49)63(50-27-9-3-10-28-50)57-40-37-46-24-13-15-33-55(46)61(57)65-62-56-34-16-14-25-47(56)38-41-58(62)63/h1-13,15-22,24,26-43,45,58,62H,14,23,25H2. The number of para-hydroxylation sites is 2. The van der Waals surface area contributed by atoms with Crippen LogP contribution < -0.4 is 9.64 Å². The molecule has 1 heterocycles. The van der Waals surface area contributed by atoms with Crippen LogP contribution in [0.25, 0.3) is 33.0 Å². The van der Waals surface area contributed by atoms with Crippen LogP contribution in [-0.2, 0) is 5.41 Å². The number of benzene rings is 8. The van der Waals surface area contributed by atoms with Gasteiger partial charge in [-0.2, -0.15) is 0 Å². The van der Waals surface area contributed by atoms with Crippen LogP contribution in [0.1, 0.15) is 47.4 Å². The van der Waals surface area contributed by atoms with Crippen LogP contribution in [-0.4, -0.2) is 6.10 Å². The second-order valence-corrected chi connectivity index (χ2v) is 17.7. The van der Waals surface area contributed by atoms with E-state index in [9.17, 15) is 0 Å². The van der Waals surface area contributed by atoms with E-state index in [-0.39, 0.29) is 17.9 Å². The average Bonchev–Trinajstić information content (AvgIpc) is 3.39. The van der Waals surface area contributed by atoms with Gasteiger partial charge in [-0.3, -0.25) is 0 Å². The van der Waals surface area contributed by atoms with Crippen molar-refractivity contribution in [1.82, 2.24) is 0 Å². The molecule has 12 rings (SSSR count). The van der Waals surface area contributed by atoms with Crippen molar-refractivity contribution in [1.29, 1.82) is 0 Å². The molecule has 0 spiro atoms. The Labute approximate surface area is 382 Å². The lowest BCUT2D eigenvalue weighted by molar-refractivity contribution is 0.133. The summed E-state index contributed by atoms with van der Waals surface area (Å²) in [6.45, 7) is 0. The van der Waals surface area contributed by atoms with Crippen molar-refractivity contribution in [3.05, 3.63) is 276 Å². The minimum Gasteiger partial charge on any atom is -0.484 e. The van der Waals surface area contributed by atoms with Crippen molar-refractivity contribution in [2.75, 3.05) is 4.90 Å². The maximum atomic E-state index is 7.41. The molecule has 0 amide bonds. The zero-order chi connectivity index (χ0) is 43.2. The molecule has 4 aliphatic rings. The van der Waals surface area contributed by atoms with E-state index in [0.29, 0.717) is 0 Å². The molecule has 2 heteroatoms. The van der Waals surface area contributed by atoms with Crippen LogP contribution >= 0.6 is 0 Å². The molecule has 0 bridgehead atoms. The summed E-state index contributed by atoms with van der Waals surface area (Å²) >= 11 is 0. The minimum absolute atomic E-state index is 0.00717. The fraction of sp³-hybridized carbons (Fsp3) is 0.111. The van der Waals surface area contributed by atoms with Crippen LogP contribution in [0.3, 0.4) is 0 Å². The van der Waals surface area contributed by atoms with Gasteiger partial charge in [-0.15, -0.1) is 0 Å². The van der Waals surface area contributed by atoms with Gasteiger partial charge in [-0.1, -0.05) is 212 Å². The highest BCUT2D eigenvalue weighted by atomic mass is 16.5. The number of rotatable bonds is 8. The van der Waals surface area contributed by atoms with Crippen molar-refractivity contribution >= 4 is 27.8 Å². The number of ether oxygens (including phenoxy) is 1. The first-order valence-corrected chi connectivity index (χ1v) is 23.2. The number of nitrogens with zero attached hydrogens (tertiary/aromatic N) is 1. The Bertz CT molecular complexity index is 3230. The molecular formula is C63H49NO. The van der Waals surface area contributed by atoms with Gasteiger partial charge in [0.15, 0.2) is 0 Å². The highest BCUT2D eigenvalue weighted by Crippen LogP contribution is 2.58. The topological polar surface area (TPSA) is 12.5 Å². The summed E-state index contributed by atoms with van der Waals surface area (Å²) in [4.78, 5) is 2.50. The normalized spacial score (nSPS) is 20.5. The average molecular weight is 836 g/mol. The maximum Gasteiger partial charge on any atom is 0.132 e. The lowest BCUT2D eigenvalue weighted by Crippen LogP contribution is -2.50. The van der Waals surface area contributed by atoms with Gasteiger partial charge in [0, 0.05) is 34.0 Å². The Morgan fingerprint density at radius 2 is 1.29 bits per heavy atom. The smallest absolute Gasteiger partial charge is 0.132 e. The fourth-order valence-corrected chi connectivity index (χ4v) is 11.2. The van der Waals surface area contributed by atoms with Gasteiger partial charge in [0.2, 0.25) is 0 Å². The molecule has 4 unspecified atom stereocenters. The Morgan fingerprint density at radius 3 is 2.14 bits per heavy atom. The Kier molecular flexibility index (Phi) is 9.87. The van der Waals surface area contributed by atoms with E-state index in [0.717, 1.165) is 41.8 Å². The van der Waals surface area contributed by atoms with Crippen molar-refractivity contribution in [3.8, 4) is 28.0 Å². The van der Waals surface area contributed by atoms with Crippen molar-refractivity contribution in [3.63, 3.8) is 0 Å². The predicted molar refractivity (Wildman–Crippen MR) is 270 cm³/mol.